The van der Waals surface area contributed by atoms with Gasteiger partial charge in [0.05, 0.1) is 20.8 Å². The van der Waals surface area contributed by atoms with Crippen molar-refractivity contribution in [2.24, 2.45) is 0 Å². The normalized spacial score (nSPS) is 10.1. The average molecular weight is 350 g/mol. The fourth-order valence-electron chi connectivity index (χ4n) is 2.04. The summed E-state index contributed by atoms with van der Waals surface area (Å²) in [4.78, 5) is 23.8. The molecule has 8 heteroatoms. The summed E-state index contributed by atoms with van der Waals surface area (Å²) < 4.78 is 37.1. The second-order valence-electron chi connectivity index (χ2n) is 4.90. The van der Waals surface area contributed by atoms with Crippen molar-refractivity contribution >= 4 is 17.5 Å². The number of nitrogens with one attached hydrogen (secondary N) is 2. The van der Waals surface area contributed by atoms with Gasteiger partial charge in [-0.3, -0.25) is 9.59 Å². The zero-order chi connectivity index (χ0) is 18.4. The summed E-state index contributed by atoms with van der Waals surface area (Å²) in [7, 11) is 2.89. The first-order valence-electron chi connectivity index (χ1n) is 7.20. The molecular weight excluding hydrogens is 334 g/mol. The number of halogens is 2. The third kappa shape index (κ3) is 4.43. The number of benzene rings is 2. The molecule has 2 amide bonds. The molecule has 25 heavy (non-hydrogen) atoms. The zero-order valence-electron chi connectivity index (χ0n) is 13.6. The first-order valence-corrected chi connectivity index (χ1v) is 7.20. The number of hydrogen-bond donors (Lipinski definition) is 2. The SMILES string of the molecule is COc1ccc(C(=O)NCC(=O)Nc2c(F)cccc2F)cc1OC. The first kappa shape index (κ1) is 18.2. The highest BCUT2D eigenvalue weighted by atomic mass is 19.1. The molecule has 2 aromatic rings. The van der Waals surface area contributed by atoms with Crippen molar-refractivity contribution in [3.05, 3.63) is 53.6 Å². The van der Waals surface area contributed by atoms with Crippen LogP contribution in [0.4, 0.5) is 14.5 Å². The van der Waals surface area contributed by atoms with E-state index in [9.17, 15) is 18.4 Å². The fourth-order valence-corrected chi connectivity index (χ4v) is 2.04. The molecule has 0 saturated heterocycles. The molecule has 0 aliphatic carbocycles. The van der Waals surface area contributed by atoms with Gasteiger partial charge in [0.2, 0.25) is 5.91 Å². The summed E-state index contributed by atoms with van der Waals surface area (Å²) in [6, 6.07) is 7.69. The van der Waals surface area contributed by atoms with Gasteiger partial charge in [-0.1, -0.05) is 6.07 Å². The van der Waals surface area contributed by atoms with Crippen molar-refractivity contribution < 1.29 is 27.8 Å². The van der Waals surface area contributed by atoms with Crippen molar-refractivity contribution in [1.82, 2.24) is 5.32 Å². The maximum atomic E-state index is 13.5. The van der Waals surface area contributed by atoms with Crippen LogP contribution in [0.5, 0.6) is 11.5 Å². The van der Waals surface area contributed by atoms with Crippen LogP contribution < -0.4 is 20.1 Å². The maximum Gasteiger partial charge on any atom is 0.251 e. The van der Waals surface area contributed by atoms with Crippen LogP contribution in [0.15, 0.2) is 36.4 Å². The number of ether oxygens (including phenoxy) is 2. The molecule has 0 aliphatic rings. The number of carbonyl (C=O) groups is 2. The number of para-hydroxylation sites is 1. The van der Waals surface area contributed by atoms with Crippen LogP contribution in [0.2, 0.25) is 0 Å². The van der Waals surface area contributed by atoms with Crippen LogP contribution in [0.1, 0.15) is 10.4 Å². The Morgan fingerprint density at radius 1 is 1.00 bits per heavy atom. The van der Waals surface area contributed by atoms with Crippen LogP contribution in [0, 0.1) is 11.6 Å². The molecule has 0 radical (unpaired) electrons. The van der Waals surface area contributed by atoms with Crippen molar-refractivity contribution in [2.75, 3.05) is 26.1 Å². The van der Waals surface area contributed by atoms with Gasteiger partial charge in [0.25, 0.3) is 5.91 Å². The van der Waals surface area contributed by atoms with Crippen LogP contribution >= 0.6 is 0 Å². The predicted octanol–water partition coefficient (Wildman–Crippen LogP) is 2.35. The smallest absolute Gasteiger partial charge is 0.251 e. The van der Waals surface area contributed by atoms with E-state index in [-0.39, 0.29) is 5.56 Å². The summed E-state index contributed by atoms with van der Waals surface area (Å²) in [6.07, 6.45) is 0. The second-order valence-corrected chi connectivity index (χ2v) is 4.90. The monoisotopic (exact) mass is 350 g/mol. The third-order valence-electron chi connectivity index (χ3n) is 3.28. The predicted molar refractivity (Wildman–Crippen MR) is 86.9 cm³/mol. The molecule has 0 fully saturated rings. The molecule has 0 aliphatic heterocycles. The molecule has 2 aromatic carbocycles. The number of methoxy groups -OCH3 is 2. The minimum Gasteiger partial charge on any atom is -0.493 e. The largest absolute Gasteiger partial charge is 0.493 e. The van der Waals surface area contributed by atoms with E-state index in [0.29, 0.717) is 11.5 Å². The highest BCUT2D eigenvalue weighted by Crippen LogP contribution is 2.27. The zero-order valence-corrected chi connectivity index (χ0v) is 13.6. The van der Waals surface area contributed by atoms with Crippen LogP contribution in [-0.4, -0.2) is 32.6 Å². The van der Waals surface area contributed by atoms with Crippen molar-refractivity contribution in [1.29, 1.82) is 0 Å². The molecule has 0 heterocycles. The number of rotatable bonds is 6. The van der Waals surface area contributed by atoms with Crippen molar-refractivity contribution in [2.45, 2.75) is 0 Å². The lowest BCUT2D eigenvalue weighted by Gasteiger charge is -2.10. The van der Waals surface area contributed by atoms with E-state index in [2.05, 4.69) is 10.6 Å². The number of amides is 2. The van der Waals surface area contributed by atoms with Gasteiger partial charge < -0.3 is 20.1 Å². The minimum absolute atomic E-state index is 0.238. The van der Waals surface area contributed by atoms with Crippen molar-refractivity contribution in [3.63, 3.8) is 0 Å². The number of anilines is 1. The lowest BCUT2D eigenvalue weighted by atomic mass is 10.2. The first-order chi connectivity index (χ1) is 12.0. The van der Waals surface area contributed by atoms with E-state index in [4.69, 9.17) is 9.47 Å². The molecule has 0 saturated carbocycles. The summed E-state index contributed by atoms with van der Waals surface area (Å²) in [5, 5.41) is 4.43. The Balaban J connectivity index is 1.99. The Hall–Kier alpha value is -3.16. The fraction of sp³-hybridized carbons (Fsp3) is 0.176. The van der Waals surface area contributed by atoms with Gasteiger partial charge in [0.15, 0.2) is 11.5 Å². The van der Waals surface area contributed by atoms with E-state index in [1.54, 1.807) is 6.07 Å². The maximum absolute atomic E-state index is 13.5. The van der Waals surface area contributed by atoms with Crippen LogP contribution in [0.3, 0.4) is 0 Å². The Labute approximate surface area is 142 Å². The van der Waals surface area contributed by atoms with E-state index >= 15 is 0 Å². The van der Waals surface area contributed by atoms with Crippen LogP contribution in [-0.2, 0) is 4.79 Å². The van der Waals surface area contributed by atoms with E-state index in [1.807, 2.05) is 0 Å². The summed E-state index contributed by atoms with van der Waals surface area (Å²) >= 11 is 0. The summed E-state index contributed by atoms with van der Waals surface area (Å²) in [5.74, 6) is -2.32. The van der Waals surface area contributed by atoms with E-state index in [0.717, 1.165) is 12.1 Å². The van der Waals surface area contributed by atoms with Gasteiger partial charge in [0, 0.05) is 5.56 Å². The lowest BCUT2D eigenvalue weighted by Crippen LogP contribution is -2.33. The van der Waals surface area contributed by atoms with Gasteiger partial charge in [0.1, 0.15) is 17.3 Å². The third-order valence-corrected chi connectivity index (χ3v) is 3.28. The molecule has 0 aromatic heterocycles. The topological polar surface area (TPSA) is 76.7 Å². The summed E-state index contributed by atoms with van der Waals surface area (Å²) in [5.41, 5.74) is -0.324. The molecule has 132 valence electrons. The highest BCUT2D eigenvalue weighted by molar-refractivity contribution is 5.99. The van der Waals surface area contributed by atoms with E-state index in [1.165, 1.54) is 32.4 Å². The van der Waals surface area contributed by atoms with Crippen molar-refractivity contribution in [3.8, 4) is 11.5 Å². The Morgan fingerprint density at radius 3 is 2.24 bits per heavy atom. The van der Waals surface area contributed by atoms with Gasteiger partial charge in [-0.15, -0.1) is 0 Å². The Morgan fingerprint density at radius 2 is 1.64 bits per heavy atom. The molecule has 0 bridgehead atoms. The Bertz CT molecular complexity index is 776. The van der Waals surface area contributed by atoms with Crippen LogP contribution in [0.25, 0.3) is 0 Å². The van der Waals surface area contributed by atoms with E-state index < -0.39 is 35.7 Å². The molecular formula is C17H16F2N2O4. The summed E-state index contributed by atoms with van der Waals surface area (Å²) in [6.45, 7) is -0.457. The van der Waals surface area contributed by atoms with Gasteiger partial charge in [-0.05, 0) is 30.3 Å². The minimum atomic E-state index is -0.903. The molecule has 6 nitrogen and oxygen atoms in total. The molecule has 0 spiro atoms. The standard InChI is InChI=1S/C17H16F2N2O4/c1-24-13-7-6-10(8-14(13)25-2)17(23)20-9-15(22)21-16-11(18)4-3-5-12(16)19/h3-8H,9H2,1-2H3,(H,20,23)(H,21,22). The lowest BCUT2D eigenvalue weighted by molar-refractivity contribution is -0.115. The quantitative estimate of drug-likeness (QED) is 0.838. The number of carbonyl (C=O) groups excluding carboxylic acids is 2. The Kier molecular flexibility index (Phi) is 5.89. The average Bonchev–Trinajstić information content (AvgIpc) is 2.62. The second kappa shape index (κ2) is 8.09. The molecule has 2 N–H and O–H groups in total. The number of hydrogen-bond acceptors (Lipinski definition) is 4. The molecule has 0 unspecified atom stereocenters. The van der Waals surface area contributed by atoms with Gasteiger partial charge in [-0.25, -0.2) is 8.78 Å². The van der Waals surface area contributed by atoms with Gasteiger partial charge >= 0.3 is 0 Å². The molecule has 0 atom stereocenters. The molecule has 2 rings (SSSR count). The van der Waals surface area contributed by atoms with Gasteiger partial charge in [-0.2, -0.15) is 0 Å². The highest BCUT2D eigenvalue weighted by Gasteiger charge is 2.14.